The molecular weight excluding hydrogens is 345 g/mol. The van der Waals surface area contributed by atoms with E-state index in [1.54, 1.807) is 0 Å². The molecule has 0 spiro atoms. The molecule has 0 heterocycles. The van der Waals surface area contributed by atoms with Crippen LogP contribution in [-0.4, -0.2) is 37.1 Å². The van der Waals surface area contributed by atoms with Crippen LogP contribution in [0.25, 0.3) is 0 Å². The van der Waals surface area contributed by atoms with Gasteiger partial charge in [-0.1, -0.05) is 19.8 Å². The minimum absolute atomic E-state index is 0. The fourth-order valence-corrected chi connectivity index (χ4v) is 1.39. The normalized spacial score (nSPS) is 11.9. The van der Waals surface area contributed by atoms with Gasteiger partial charge < -0.3 is 10.6 Å². The molecule has 3 nitrogen and oxygen atoms in total. The lowest BCUT2D eigenvalue weighted by molar-refractivity contribution is 0.648. The van der Waals surface area contributed by atoms with Crippen molar-refractivity contribution in [3.8, 4) is 0 Å². The van der Waals surface area contributed by atoms with Gasteiger partial charge >= 0.3 is 0 Å². The monoisotopic (exact) mass is 373 g/mol. The number of nitrogens with one attached hydrogen (secondary N) is 2. The predicted molar refractivity (Wildman–Crippen MR) is 91.9 cm³/mol. The number of nitrogens with zero attached hydrogens (tertiary/aromatic N) is 1. The Hall–Kier alpha value is 0.350. The third kappa shape index (κ3) is 11.2. The summed E-state index contributed by atoms with van der Waals surface area (Å²) in [5.41, 5.74) is 0. The summed E-state index contributed by atoms with van der Waals surface area (Å²) in [6.45, 7) is 8.62. The summed E-state index contributed by atoms with van der Waals surface area (Å²) in [5, 5.41) is 6.69. The highest BCUT2D eigenvalue weighted by atomic mass is 127. The van der Waals surface area contributed by atoms with E-state index in [1.807, 2.05) is 18.8 Å². The van der Waals surface area contributed by atoms with Gasteiger partial charge in [0.25, 0.3) is 0 Å². The van der Waals surface area contributed by atoms with Crippen LogP contribution in [0.15, 0.2) is 4.99 Å². The van der Waals surface area contributed by atoms with Crippen LogP contribution < -0.4 is 10.6 Å². The first-order chi connectivity index (χ1) is 7.55. The quantitative estimate of drug-likeness (QED) is 0.312. The maximum Gasteiger partial charge on any atom is 0.191 e. The Morgan fingerprint density at radius 3 is 2.35 bits per heavy atom. The van der Waals surface area contributed by atoms with Crippen molar-refractivity contribution in [2.45, 2.75) is 44.8 Å². The van der Waals surface area contributed by atoms with Crippen LogP contribution >= 0.6 is 35.7 Å². The van der Waals surface area contributed by atoms with Gasteiger partial charge in [-0.25, -0.2) is 0 Å². The summed E-state index contributed by atoms with van der Waals surface area (Å²) in [6.07, 6.45) is 5.88. The zero-order valence-electron chi connectivity index (χ0n) is 11.8. The first-order valence-corrected chi connectivity index (χ1v) is 7.28. The van der Waals surface area contributed by atoms with Crippen molar-refractivity contribution >= 4 is 41.7 Å². The Morgan fingerprint density at radius 2 is 1.88 bits per heavy atom. The molecule has 0 aliphatic heterocycles. The largest absolute Gasteiger partial charge is 0.356 e. The molecule has 0 aliphatic carbocycles. The number of halogens is 1. The molecule has 5 heteroatoms. The standard InChI is InChI=1S/C12H27N3S.HI/c1-6-7-8-9-14-11(13-4)15-10-12(2,3)16-5;/h6-10H2,1-5H3,(H2,13,14,15);1H. The summed E-state index contributed by atoms with van der Waals surface area (Å²) in [5.74, 6) is 0.915. The van der Waals surface area contributed by atoms with E-state index < -0.39 is 0 Å². The van der Waals surface area contributed by atoms with Gasteiger partial charge in [-0.15, -0.1) is 24.0 Å². The molecular formula is C12H28IN3S. The van der Waals surface area contributed by atoms with Crippen molar-refractivity contribution < 1.29 is 0 Å². The lowest BCUT2D eigenvalue weighted by atomic mass is 10.2. The second-order valence-electron chi connectivity index (χ2n) is 4.52. The van der Waals surface area contributed by atoms with Crippen LogP contribution in [-0.2, 0) is 0 Å². The number of thioether (sulfide) groups is 1. The molecule has 0 fully saturated rings. The van der Waals surface area contributed by atoms with Gasteiger partial charge in [0.2, 0.25) is 0 Å². The molecule has 0 atom stereocenters. The molecule has 0 radical (unpaired) electrons. The Labute approximate surface area is 128 Å². The third-order valence-electron chi connectivity index (χ3n) is 2.53. The van der Waals surface area contributed by atoms with Gasteiger partial charge in [0.15, 0.2) is 5.96 Å². The van der Waals surface area contributed by atoms with Crippen LogP contribution in [0.2, 0.25) is 0 Å². The van der Waals surface area contributed by atoms with E-state index in [9.17, 15) is 0 Å². The topological polar surface area (TPSA) is 36.4 Å². The fraction of sp³-hybridized carbons (Fsp3) is 0.917. The van der Waals surface area contributed by atoms with E-state index in [0.29, 0.717) is 0 Å². The Morgan fingerprint density at radius 1 is 1.24 bits per heavy atom. The zero-order chi connectivity index (χ0) is 12.4. The highest BCUT2D eigenvalue weighted by Crippen LogP contribution is 2.19. The van der Waals surface area contributed by atoms with E-state index in [2.05, 4.69) is 42.7 Å². The molecule has 17 heavy (non-hydrogen) atoms. The first-order valence-electron chi connectivity index (χ1n) is 6.05. The number of rotatable bonds is 7. The fourth-order valence-electron chi connectivity index (χ4n) is 1.17. The Bertz CT molecular complexity index is 208. The summed E-state index contributed by atoms with van der Waals surface area (Å²) in [6, 6.07) is 0. The van der Waals surface area contributed by atoms with Gasteiger partial charge in [-0.3, -0.25) is 4.99 Å². The molecule has 0 unspecified atom stereocenters. The predicted octanol–water partition coefficient (Wildman–Crippen LogP) is 3.10. The summed E-state index contributed by atoms with van der Waals surface area (Å²) < 4.78 is 0.251. The second kappa shape index (κ2) is 11.4. The van der Waals surface area contributed by atoms with Crippen molar-refractivity contribution in [3.05, 3.63) is 0 Å². The Balaban J connectivity index is 0. The van der Waals surface area contributed by atoms with E-state index in [0.717, 1.165) is 19.0 Å². The number of aliphatic imine (C=N–C) groups is 1. The molecule has 0 aliphatic rings. The van der Waals surface area contributed by atoms with Crippen LogP contribution in [0.3, 0.4) is 0 Å². The molecule has 0 rings (SSSR count). The number of hydrogen-bond acceptors (Lipinski definition) is 2. The maximum absolute atomic E-state index is 4.21. The van der Waals surface area contributed by atoms with Crippen molar-refractivity contribution in [1.82, 2.24) is 10.6 Å². The molecule has 2 N–H and O–H groups in total. The van der Waals surface area contributed by atoms with Crippen molar-refractivity contribution in [2.24, 2.45) is 4.99 Å². The molecule has 0 aromatic carbocycles. The van der Waals surface area contributed by atoms with E-state index >= 15 is 0 Å². The van der Waals surface area contributed by atoms with Gasteiger partial charge in [0, 0.05) is 24.9 Å². The van der Waals surface area contributed by atoms with Crippen LogP contribution in [0.5, 0.6) is 0 Å². The van der Waals surface area contributed by atoms with Crippen LogP contribution in [0.4, 0.5) is 0 Å². The smallest absolute Gasteiger partial charge is 0.191 e. The van der Waals surface area contributed by atoms with E-state index in [4.69, 9.17) is 0 Å². The van der Waals surface area contributed by atoms with Crippen molar-refractivity contribution in [3.63, 3.8) is 0 Å². The number of guanidine groups is 1. The minimum atomic E-state index is 0. The average Bonchev–Trinajstić information content (AvgIpc) is 2.28. The highest BCUT2D eigenvalue weighted by molar-refractivity contribution is 14.0. The molecule has 0 saturated heterocycles. The number of unbranched alkanes of at least 4 members (excludes halogenated alkanes) is 2. The summed E-state index contributed by atoms with van der Waals surface area (Å²) in [7, 11) is 1.82. The van der Waals surface area contributed by atoms with Crippen LogP contribution in [0.1, 0.15) is 40.0 Å². The minimum Gasteiger partial charge on any atom is -0.356 e. The third-order valence-corrected chi connectivity index (χ3v) is 3.78. The second-order valence-corrected chi connectivity index (χ2v) is 6.04. The van der Waals surface area contributed by atoms with E-state index in [-0.39, 0.29) is 28.7 Å². The first kappa shape index (κ1) is 19.7. The molecule has 0 aromatic rings. The van der Waals surface area contributed by atoms with Gasteiger partial charge in [-0.2, -0.15) is 11.8 Å². The van der Waals surface area contributed by atoms with Crippen molar-refractivity contribution in [1.29, 1.82) is 0 Å². The SMILES string of the molecule is CCCCCNC(=NC)NCC(C)(C)SC.I. The molecule has 104 valence electrons. The highest BCUT2D eigenvalue weighted by Gasteiger charge is 2.15. The van der Waals surface area contributed by atoms with Gasteiger partial charge in [-0.05, 0) is 26.5 Å². The summed E-state index contributed by atoms with van der Waals surface area (Å²) in [4.78, 5) is 4.21. The van der Waals surface area contributed by atoms with Gasteiger partial charge in [0.05, 0.1) is 0 Å². The lowest BCUT2D eigenvalue weighted by Gasteiger charge is -2.23. The van der Waals surface area contributed by atoms with Crippen molar-refractivity contribution in [2.75, 3.05) is 26.4 Å². The molecule has 0 aromatic heterocycles. The molecule has 0 amide bonds. The summed E-state index contributed by atoms with van der Waals surface area (Å²) >= 11 is 1.87. The van der Waals surface area contributed by atoms with Crippen LogP contribution in [0, 0.1) is 0 Å². The maximum atomic E-state index is 4.21. The zero-order valence-corrected chi connectivity index (χ0v) is 14.9. The number of hydrogen-bond donors (Lipinski definition) is 2. The average molecular weight is 373 g/mol. The van der Waals surface area contributed by atoms with E-state index in [1.165, 1.54) is 19.3 Å². The van der Waals surface area contributed by atoms with Gasteiger partial charge in [0.1, 0.15) is 0 Å². The lowest BCUT2D eigenvalue weighted by Crippen LogP contribution is -2.43. The Kier molecular flexibility index (Phi) is 13.2. The molecule has 0 bridgehead atoms. The molecule has 0 saturated carbocycles.